The molecule has 0 aromatic heterocycles. The number of carbonyl (C=O) groups is 2. The average Bonchev–Trinajstić information content (AvgIpc) is 2.12. The fraction of sp³-hybridized carbons (Fsp3) is 0.667. The van der Waals surface area contributed by atoms with Crippen LogP contribution in [0.1, 0.15) is 0 Å². The van der Waals surface area contributed by atoms with Crippen molar-refractivity contribution in [1.82, 2.24) is 5.73 Å². The highest BCUT2D eigenvalue weighted by Crippen LogP contribution is 2.03. The highest BCUT2D eigenvalue weighted by atomic mass is 16.4. The van der Waals surface area contributed by atoms with E-state index in [0.717, 1.165) is 0 Å². The molecule has 13 heavy (non-hydrogen) atoms. The molecule has 0 bridgehead atoms. The number of hydrogen-bond acceptors (Lipinski definition) is 6. The van der Waals surface area contributed by atoms with Crippen LogP contribution in [0.3, 0.4) is 0 Å². The third-order valence-corrected chi connectivity index (χ3v) is 1.43. The number of aliphatic hydroxyl groups excluding tert-OH is 4. The van der Waals surface area contributed by atoms with Crippen LogP contribution in [0.4, 0.5) is 0 Å². The highest BCUT2D eigenvalue weighted by Gasteiger charge is 2.33. The van der Waals surface area contributed by atoms with E-state index >= 15 is 0 Å². The molecule has 0 aromatic rings. The smallest absolute Gasteiger partial charge is 0.270 e. The summed E-state index contributed by atoms with van der Waals surface area (Å²) in [7, 11) is 0. The van der Waals surface area contributed by atoms with Gasteiger partial charge in [0, 0.05) is 0 Å². The monoisotopic (exact) mass is 192 g/mol. The second-order valence-electron chi connectivity index (χ2n) is 2.42. The van der Waals surface area contributed by atoms with Crippen molar-refractivity contribution in [3.8, 4) is 0 Å². The number of amides is 1. The SMILES string of the molecule is [NH]C(=O)[C@@H](O)[C@H](O)[C@H](O)[C@@H](O)C=O. The molecule has 0 saturated carbocycles. The Labute approximate surface area is 73.4 Å². The molecule has 75 valence electrons. The Morgan fingerprint density at radius 1 is 1.15 bits per heavy atom. The maximum Gasteiger partial charge on any atom is 0.270 e. The number of carbonyl (C=O) groups excluding carboxylic acids is 2. The van der Waals surface area contributed by atoms with Crippen LogP contribution >= 0.6 is 0 Å². The topological polar surface area (TPSA) is 139 Å². The lowest BCUT2D eigenvalue weighted by atomic mass is 10.0. The minimum atomic E-state index is -2.13. The number of aliphatic hydroxyl groups is 4. The average molecular weight is 192 g/mol. The van der Waals surface area contributed by atoms with Crippen molar-refractivity contribution in [1.29, 1.82) is 0 Å². The first kappa shape index (κ1) is 12.0. The molecule has 0 aliphatic carbocycles. The molecule has 0 aliphatic rings. The molecule has 0 aromatic carbocycles. The van der Waals surface area contributed by atoms with Crippen molar-refractivity contribution in [3.05, 3.63) is 0 Å². The summed E-state index contributed by atoms with van der Waals surface area (Å²) in [6.07, 6.45) is -8.13. The molecular formula is C6H10NO6. The lowest BCUT2D eigenvalue weighted by Gasteiger charge is -2.21. The Balaban J connectivity index is 4.32. The Morgan fingerprint density at radius 3 is 1.92 bits per heavy atom. The van der Waals surface area contributed by atoms with E-state index in [4.69, 9.17) is 26.2 Å². The molecule has 4 atom stereocenters. The number of hydrogen-bond donors (Lipinski definition) is 4. The molecule has 0 rings (SSSR count). The zero-order valence-corrected chi connectivity index (χ0v) is 6.49. The molecule has 0 spiro atoms. The van der Waals surface area contributed by atoms with Crippen LogP contribution in [-0.4, -0.2) is 57.0 Å². The van der Waals surface area contributed by atoms with Gasteiger partial charge in [0.05, 0.1) is 0 Å². The van der Waals surface area contributed by atoms with Crippen LogP contribution in [0.25, 0.3) is 0 Å². The van der Waals surface area contributed by atoms with Crippen LogP contribution in [0.15, 0.2) is 0 Å². The van der Waals surface area contributed by atoms with Gasteiger partial charge < -0.3 is 25.2 Å². The van der Waals surface area contributed by atoms with E-state index < -0.39 is 30.3 Å². The fourth-order valence-electron chi connectivity index (χ4n) is 0.624. The highest BCUT2D eigenvalue weighted by molar-refractivity contribution is 5.78. The maximum atomic E-state index is 10.2. The zero-order chi connectivity index (χ0) is 10.6. The second-order valence-corrected chi connectivity index (χ2v) is 2.42. The zero-order valence-electron chi connectivity index (χ0n) is 6.49. The summed E-state index contributed by atoms with van der Waals surface area (Å²) in [5.74, 6) is -1.51. The summed E-state index contributed by atoms with van der Waals surface area (Å²) < 4.78 is 0. The van der Waals surface area contributed by atoms with Crippen LogP contribution in [-0.2, 0) is 9.59 Å². The van der Waals surface area contributed by atoms with Crippen LogP contribution in [0.5, 0.6) is 0 Å². The summed E-state index contributed by atoms with van der Waals surface area (Å²) in [5, 5.41) is 35.2. The molecule has 1 radical (unpaired) electrons. The lowest BCUT2D eigenvalue weighted by Crippen LogP contribution is -2.48. The molecule has 1 amide bonds. The minimum Gasteiger partial charge on any atom is -0.387 e. The molecule has 7 heteroatoms. The van der Waals surface area contributed by atoms with E-state index in [0.29, 0.717) is 0 Å². The van der Waals surface area contributed by atoms with E-state index in [9.17, 15) is 9.59 Å². The summed E-state index contributed by atoms with van der Waals surface area (Å²) in [5.41, 5.74) is 6.38. The normalized spacial score (nSPS) is 20.0. The summed E-state index contributed by atoms with van der Waals surface area (Å²) in [6.45, 7) is 0. The maximum absolute atomic E-state index is 10.2. The van der Waals surface area contributed by atoms with Gasteiger partial charge in [-0.3, -0.25) is 10.5 Å². The quantitative estimate of drug-likeness (QED) is 0.332. The Bertz CT molecular complexity index is 196. The number of rotatable bonds is 5. The van der Waals surface area contributed by atoms with Gasteiger partial charge in [0.15, 0.2) is 12.4 Å². The third-order valence-electron chi connectivity index (χ3n) is 1.43. The van der Waals surface area contributed by atoms with Gasteiger partial charge in [-0.05, 0) is 0 Å². The molecule has 0 saturated heterocycles. The van der Waals surface area contributed by atoms with Gasteiger partial charge in [-0.1, -0.05) is 0 Å². The standard InChI is InChI=1S/C6H10NO6/c7-6(13)5(12)4(11)3(10)2(9)1-8/h1-5,7,9-12H/t2-,3+,4+,5-/m0/s1. The molecule has 0 fully saturated rings. The van der Waals surface area contributed by atoms with Crippen molar-refractivity contribution in [2.45, 2.75) is 24.4 Å². The molecule has 7 nitrogen and oxygen atoms in total. The largest absolute Gasteiger partial charge is 0.387 e. The lowest BCUT2D eigenvalue weighted by molar-refractivity contribution is -0.148. The molecular weight excluding hydrogens is 182 g/mol. The predicted octanol–water partition coefficient (Wildman–Crippen LogP) is -3.56. The number of nitrogens with one attached hydrogen (secondary N) is 1. The Morgan fingerprint density at radius 2 is 1.62 bits per heavy atom. The van der Waals surface area contributed by atoms with Gasteiger partial charge in [0.1, 0.15) is 18.3 Å². The Hall–Kier alpha value is -1.02. The van der Waals surface area contributed by atoms with Gasteiger partial charge >= 0.3 is 0 Å². The van der Waals surface area contributed by atoms with Gasteiger partial charge in [0.2, 0.25) is 0 Å². The van der Waals surface area contributed by atoms with Crippen molar-refractivity contribution in [2.24, 2.45) is 0 Å². The fourth-order valence-corrected chi connectivity index (χ4v) is 0.624. The molecule has 0 aliphatic heterocycles. The molecule has 0 unspecified atom stereocenters. The van der Waals surface area contributed by atoms with Gasteiger partial charge in [-0.25, -0.2) is 0 Å². The first-order valence-corrected chi connectivity index (χ1v) is 3.34. The Kier molecular flexibility index (Phi) is 4.49. The van der Waals surface area contributed by atoms with E-state index in [1.807, 2.05) is 0 Å². The van der Waals surface area contributed by atoms with E-state index in [-0.39, 0.29) is 6.29 Å². The predicted molar refractivity (Wildman–Crippen MR) is 38.2 cm³/mol. The summed E-state index contributed by atoms with van der Waals surface area (Å²) in [6, 6.07) is 0. The third kappa shape index (κ3) is 3.07. The first-order valence-electron chi connectivity index (χ1n) is 3.34. The van der Waals surface area contributed by atoms with Crippen molar-refractivity contribution in [2.75, 3.05) is 0 Å². The minimum absolute atomic E-state index is 0.0605. The first-order chi connectivity index (χ1) is 5.91. The van der Waals surface area contributed by atoms with Gasteiger partial charge in [-0.2, -0.15) is 0 Å². The summed E-state index contributed by atoms with van der Waals surface area (Å²) in [4.78, 5) is 20.1. The van der Waals surface area contributed by atoms with Crippen LogP contribution in [0, 0.1) is 0 Å². The molecule has 5 N–H and O–H groups in total. The van der Waals surface area contributed by atoms with Crippen molar-refractivity contribution in [3.63, 3.8) is 0 Å². The van der Waals surface area contributed by atoms with Crippen molar-refractivity contribution < 1.29 is 30.0 Å². The van der Waals surface area contributed by atoms with Crippen LogP contribution < -0.4 is 5.73 Å². The number of aldehydes is 1. The molecule has 0 heterocycles. The van der Waals surface area contributed by atoms with E-state index in [1.54, 1.807) is 0 Å². The van der Waals surface area contributed by atoms with E-state index in [2.05, 4.69) is 0 Å². The second kappa shape index (κ2) is 4.87. The summed E-state index contributed by atoms with van der Waals surface area (Å²) >= 11 is 0. The van der Waals surface area contributed by atoms with E-state index in [1.165, 1.54) is 0 Å². The van der Waals surface area contributed by atoms with Gasteiger partial charge in [0.25, 0.3) is 5.91 Å². The van der Waals surface area contributed by atoms with Crippen molar-refractivity contribution >= 4 is 12.2 Å². The van der Waals surface area contributed by atoms with Gasteiger partial charge in [-0.15, -0.1) is 0 Å². The van der Waals surface area contributed by atoms with Crippen LogP contribution in [0.2, 0.25) is 0 Å².